The zero-order chi connectivity index (χ0) is 32.1. The Bertz CT molecular complexity index is 1410. The average molecular weight is 627 g/mol. The van der Waals surface area contributed by atoms with E-state index in [0.717, 1.165) is 63.4 Å². The molecule has 5 aliphatic carbocycles. The number of unbranched alkanes of at least 4 members (excludes halogenated alkanes) is 3. The van der Waals surface area contributed by atoms with Crippen LogP contribution in [0.1, 0.15) is 119 Å². The Morgan fingerprint density at radius 1 is 0.891 bits per heavy atom. The molecule has 6 atom stereocenters. The highest BCUT2D eigenvalue weighted by atomic mass is 16.4. The van der Waals surface area contributed by atoms with Crippen molar-refractivity contribution in [2.45, 2.75) is 126 Å². The Kier molecular flexibility index (Phi) is 10.4. The van der Waals surface area contributed by atoms with Gasteiger partial charge in [0.1, 0.15) is 5.75 Å². The van der Waals surface area contributed by atoms with Gasteiger partial charge in [0, 0.05) is 10.8 Å². The minimum atomic E-state index is -0.750. The van der Waals surface area contributed by atoms with Gasteiger partial charge in [-0.2, -0.15) is 0 Å². The molecule has 2 fully saturated rings. The first-order chi connectivity index (χ1) is 22.3. The van der Waals surface area contributed by atoms with Gasteiger partial charge in [-0.1, -0.05) is 79.8 Å². The smallest absolute Gasteiger partial charge is 0.307 e. The SMILES string of the molecule is O=C(O)[C@@H]1C/C=C2\CC[C@](c3ccc(O)cc3)(Cc3cccc(c3)[C@@]13CCC[C@H](O)C3)[C@@H](CCCCCC[C@@H]1C=C(CO)CC1)C2. The van der Waals surface area contributed by atoms with Crippen molar-refractivity contribution >= 4 is 5.97 Å². The van der Waals surface area contributed by atoms with Crippen LogP contribution in [-0.2, 0) is 22.0 Å². The van der Waals surface area contributed by atoms with Gasteiger partial charge < -0.3 is 20.4 Å². The van der Waals surface area contributed by atoms with Crippen molar-refractivity contribution in [1.82, 2.24) is 0 Å². The molecule has 4 bridgehead atoms. The number of hydrogen-bond donors (Lipinski definition) is 4. The molecule has 5 aliphatic rings. The number of allylic oxidation sites excluding steroid dienone is 3. The predicted molar refractivity (Wildman–Crippen MR) is 183 cm³/mol. The van der Waals surface area contributed by atoms with Gasteiger partial charge in [0.25, 0.3) is 0 Å². The molecular weight excluding hydrogens is 572 g/mol. The summed E-state index contributed by atoms with van der Waals surface area (Å²) in [7, 11) is 0. The number of benzene rings is 2. The number of carboxylic acid groups (broad SMARTS) is 1. The second-order valence-corrected chi connectivity index (χ2v) is 15.1. The third kappa shape index (κ3) is 7.01. The maximum atomic E-state index is 13.0. The molecule has 4 N–H and O–H groups in total. The topological polar surface area (TPSA) is 98.0 Å². The van der Waals surface area contributed by atoms with Crippen LogP contribution in [0.3, 0.4) is 0 Å². The van der Waals surface area contributed by atoms with Crippen molar-refractivity contribution in [3.63, 3.8) is 0 Å². The van der Waals surface area contributed by atoms with Gasteiger partial charge in [-0.3, -0.25) is 4.79 Å². The molecule has 0 aliphatic heterocycles. The first-order valence-electron chi connectivity index (χ1n) is 18.1. The van der Waals surface area contributed by atoms with Crippen molar-refractivity contribution < 1.29 is 25.2 Å². The fourth-order valence-electron chi connectivity index (χ4n) is 9.91. The van der Waals surface area contributed by atoms with Crippen LogP contribution < -0.4 is 0 Å². The Labute approximate surface area is 275 Å². The number of hydrogen-bond acceptors (Lipinski definition) is 4. The minimum absolute atomic E-state index is 0.0658. The van der Waals surface area contributed by atoms with E-state index < -0.39 is 23.4 Å². The van der Waals surface area contributed by atoms with Crippen molar-refractivity contribution in [3.8, 4) is 5.75 Å². The highest BCUT2D eigenvalue weighted by Crippen LogP contribution is 2.53. The van der Waals surface area contributed by atoms with Gasteiger partial charge in [-0.25, -0.2) is 0 Å². The van der Waals surface area contributed by atoms with Crippen molar-refractivity contribution in [3.05, 3.63) is 88.5 Å². The zero-order valence-corrected chi connectivity index (χ0v) is 27.5. The van der Waals surface area contributed by atoms with Crippen molar-refractivity contribution in [2.24, 2.45) is 17.8 Å². The van der Waals surface area contributed by atoms with E-state index in [1.54, 1.807) is 0 Å². The number of aromatic hydroxyl groups is 1. The molecular formula is C41H54O5. The monoisotopic (exact) mass is 626 g/mol. The molecule has 0 amide bonds. The third-order valence-corrected chi connectivity index (χ3v) is 12.4. The number of phenols is 1. The fourth-order valence-corrected chi connectivity index (χ4v) is 9.91. The molecule has 2 aromatic carbocycles. The van der Waals surface area contributed by atoms with Crippen molar-refractivity contribution in [2.75, 3.05) is 6.61 Å². The van der Waals surface area contributed by atoms with E-state index in [1.165, 1.54) is 60.8 Å². The lowest BCUT2D eigenvalue weighted by molar-refractivity contribution is -0.145. The van der Waals surface area contributed by atoms with Gasteiger partial charge >= 0.3 is 5.97 Å². The maximum Gasteiger partial charge on any atom is 0.307 e. The first-order valence-corrected chi connectivity index (χ1v) is 18.1. The van der Waals surface area contributed by atoms with Crippen LogP contribution in [-0.4, -0.2) is 39.1 Å². The second-order valence-electron chi connectivity index (χ2n) is 15.1. The maximum absolute atomic E-state index is 13.0. The summed E-state index contributed by atoms with van der Waals surface area (Å²) in [4.78, 5) is 13.0. The molecule has 1 spiro atoms. The normalized spacial score (nSPS) is 32.3. The summed E-state index contributed by atoms with van der Waals surface area (Å²) in [5.74, 6) is 0.0490. The summed E-state index contributed by atoms with van der Waals surface area (Å²) in [5.41, 5.74) is 5.59. The molecule has 0 radical (unpaired) electrons. The molecule has 5 heteroatoms. The predicted octanol–water partition coefficient (Wildman–Crippen LogP) is 8.55. The number of aliphatic carboxylic acids is 1. The molecule has 7 rings (SSSR count). The van der Waals surface area contributed by atoms with E-state index in [1.807, 2.05) is 12.1 Å². The standard InChI is InChI=1S/C41H54O5/c42-28-32-13-12-29(23-32)7-3-1-2-4-9-34-24-30-14-19-38(39(45)46)41(21-6-11-37(44)27-41)35-10-5-8-31(25-35)26-40(34,22-20-30)33-15-17-36(43)18-16-33/h5,8,10,14-18,23,25,29,34,37-38,42-44H,1-4,6-7,9,11-13,19-22,24,26-28H2,(H,45,46)/b30-14+/t29-,34-,37-,38-,40+,41-/m0/s1. The van der Waals surface area contributed by atoms with Gasteiger partial charge in [0.15, 0.2) is 0 Å². The number of carbonyl (C=O) groups is 1. The minimum Gasteiger partial charge on any atom is -0.508 e. The number of carboxylic acids is 1. The Morgan fingerprint density at radius 2 is 1.70 bits per heavy atom. The Balaban J connectivity index is 1.29. The van der Waals surface area contributed by atoms with Gasteiger partial charge in [-0.05, 0) is 130 Å². The van der Waals surface area contributed by atoms with Gasteiger partial charge in [-0.15, -0.1) is 0 Å². The lowest BCUT2D eigenvalue weighted by Gasteiger charge is -2.48. The number of rotatable bonds is 10. The fraction of sp³-hybridized carbons (Fsp3) is 0.585. The number of phenolic OH excluding ortho intramolecular Hbond substituents is 1. The highest BCUT2D eigenvalue weighted by Gasteiger charge is 2.48. The number of fused-ring (bicyclic) bond motifs is 4. The van der Waals surface area contributed by atoms with Crippen LogP contribution in [0.15, 0.2) is 71.8 Å². The molecule has 5 nitrogen and oxygen atoms in total. The van der Waals surface area contributed by atoms with Crippen LogP contribution in [0, 0.1) is 17.8 Å². The van der Waals surface area contributed by atoms with E-state index >= 15 is 0 Å². The summed E-state index contributed by atoms with van der Waals surface area (Å²) in [6.07, 6.45) is 20.8. The Morgan fingerprint density at radius 3 is 2.43 bits per heavy atom. The van der Waals surface area contributed by atoms with E-state index in [-0.39, 0.29) is 12.0 Å². The summed E-state index contributed by atoms with van der Waals surface area (Å²) in [5, 5.41) is 41.2. The van der Waals surface area contributed by atoms with Gasteiger partial charge in [0.05, 0.1) is 18.6 Å². The van der Waals surface area contributed by atoms with Gasteiger partial charge in [0.2, 0.25) is 0 Å². The first kappa shape index (κ1) is 33.0. The molecule has 0 unspecified atom stereocenters. The highest BCUT2D eigenvalue weighted by molar-refractivity contribution is 5.73. The number of aliphatic hydroxyl groups is 2. The van der Waals surface area contributed by atoms with Crippen molar-refractivity contribution in [1.29, 1.82) is 0 Å². The van der Waals surface area contributed by atoms with E-state index in [2.05, 4.69) is 48.6 Å². The summed E-state index contributed by atoms with van der Waals surface area (Å²) >= 11 is 0. The zero-order valence-electron chi connectivity index (χ0n) is 27.5. The lowest BCUT2D eigenvalue weighted by atomic mass is 9.56. The molecule has 0 saturated heterocycles. The summed E-state index contributed by atoms with van der Waals surface area (Å²) < 4.78 is 0. The summed E-state index contributed by atoms with van der Waals surface area (Å²) in [6.45, 7) is 0.211. The average Bonchev–Trinajstić information content (AvgIpc) is 3.52. The largest absolute Gasteiger partial charge is 0.508 e. The van der Waals surface area contributed by atoms with E-state index in [0.29, 0.717) is 30.4 Å². The van der Waals surface area contributed by atoms with Crippen LogP contribution in [0.25, 0.3) is 0 Å². The Hall–Kier alpha value is -2.89. The van der Waals surface area contributed by atoms with Crippen LogP contribution in [0.5, 0.6) is 5.75 Å². The molecule has 248 valence electrons. The molecule has 2 aromatic rings. The second kappa shape index (κ2) is 14.5. The number of aliphatic hydroxyl groups excluding tert-OH is 2. The van der Waals surface area contributed by atoms with Crippen LogP contribution >= 0.6 is 0 Å². The third-order valence-electron chi connectivity index (χ3n) is 12.4. The summed E-state index contributed by atoms with van der Waals surface area (Å²) in [6, 6.07) is 16.7. The quantitative estimate of drug-likeness (QED) is 0.157. The molecule has 0 aromatic heterocycles. The molecule has 2 saturated carbocycles. The van der Waals surface area contributed by atoms with E-state index in [4.69, 9.17) is 0 Å². The lowest BCUT2D eigenvalue weighted by Crippen LogP contribution is -2.45. The van der Waals surface area contributed by atoms with Crippen LogP contribution in [0.4, 0.5) is 0 Å². The molecule has 46 heavy (non-hydrogen) atoms. The van der Waals surface area contributed by atoms with E-state index in [9.17, 15) is 25.2 Å². The van der Waals surface area contributed by atoms with Crippen LogP contribution in [0.2, 0.25) is 0 Å². The molecule has 0 heterocycles.